The third kappa shape index (κ3) is 5.90. The van der Waals surface area contributed by atoms with Gasteiger partial charge < -0.3 is 11.1 Å². The Morgan fingerprint density at radius 1 is 1.53 bits per heavy atom. The molecule has 0 unspecified atom stereocenters. The van der Waals surface area contributed by atoms with Crippen molar-refractivity contribution in [1.29, 1.82) is 0 Å². The number of hydrogen-bond donors (Lipinski definition) is 2. The molecule has 0 radical (unpaired) electrons. The fourth-order valence-corrected chi connectivity index (χ4v) is 2.02. The molecule has 0 atom stereocenters. The average molecular weight is 389 g/mol. The van der Waals surface area contributed by atoms with Gasteiger partial charge in [-0.1, -0.05) is 11.6 Å². The van der Waals surface area contributed by atoms with Crippen molar-refractivity contribution in [3.8, 4) is 0 Å². The maximum Gasteiger partial charge on any atom is 0.252 e. The molecule has 17 heavy (non-hydrogen) atoms. The second-order valence-electron chi connectivity index (χ2n) is 4.30. The zero-order valence-corrected chi connectivity index (χ0v) is 13.3. The van der Waals surface area contributed by atoms with Crippen LogP contribution in [0.25, 0.3) is 0 Å². The molecular formula is C11H15Cl2IN2O. The quantitative estimate of drug-likeness (QED) is 0.782. The molecule has 0 aliphatic heterocycles. The van der Waals surface area contributed by atoms with Gasteiger partial charge in [0.15, 0.2) is 0 Å². The third-order valence-electron chi connectivity index (χ3n) is 1.88. The number of carbonyl (C=O) groups excluding carboxylic acids is 1. The summed E-state index contributed by atoms with van der Waals surface area (Å²) in [5.41, 5.74) is 5.83. The molecule has 0 saturated heterocycles. The topological polar surface area (TPSA) is 55.1 Å². The van der Waals surface area contributed by atoms with Gasteiger partial charge in [-0.25, -0.2) is 0 Å². The first kappa shape index (κ1) is 17.0. The van der Waals surface area contributed by atoms with Crippen molar-refractivity contribution < 1.29 is 4.79 Å². The van der Waals surface area contributed by atoms with Crippen LogP contribution < -0.4 is 11.1 Å². The Morgan fingerprint density at radius 3 is 2.59 bits per heavy atom. The Bertz CT molecular complexity index is 405. The van der Waals surface area contributed by atoms with Crippen LogP contribution in [-0.2, 0) is 0 Å². The summed E-state index contributed by atoms with van der Waals surface area (Å²) in [5.74, 6) is -0.195. The number of rotatable bonds is 3. The van der Waals surface area contributed by atoms with Crippen LogP contribution in [0.4, 0.5) is 0 Å². The van der Waals surface area contributed by atoms with E-state index in [-0.39, 0.29) is 18.3 Å². The minimum atomic E-state index is -0.425. The monoisotopic (exact) mass is 388 g/mol. The Kier molecular flexibility index (Phi) is 6.76. The highest BCUT2D eigenvalue weighted by Crippen LogP contribution is 2.18. The Balaban J connectivity index is 0.00000256. The van der Waals surface area contributed by atoms with Gasteiger partial charge in [-0.3, -0.25) is 4.79 Å². The summed E-state index contributed by atoms with van der Waals surface area (Å²) in [7, 11) is 0. The van der Waals surface area contributed by atoms with Gasteiger partial charge in [0.2, 0.25) is 0 Å². The van der Waals surface area contributed by atoms with E-state index in [1.165, 1.54) is 0 Å². The van der Waals surface area contributed by atoms with Gasteiger partial charge in [0.05, 0.1) is 10.6 Å². The zero-order chi connectivity index (χ0) is 12.3. The highest BCUT2D eigenvalue weighted by Gasteiger charge is 2.15. The van der Waals surface area contributed by atoms with Gasteiger partial charge in [-0.15, -0.1) is 12.4 Å². The molecule has 1 aromatic rings. The molecule has 0 fully saturated rings. The molecule has 0 aromatic heterocycles. The lowest BCUT2D eigenvalue weighted by Gasteiger charge is -2.19. The molecular weight excluding hydrogens is 374 g/mol. The number of carbonyl (C=O) groups is 1. The molecule has 0 heterocycles. The number of nitrogens with one attached hydrogen (secondary N) is 1. The highest BCUT2D eigenvalue weighted by molar-refractivity contribution is 14.1. The normalized spacial score (nSPS) is 10.6. The first-order valence-electron chi connectivity index (χ1n) is 4.82. The van der Waals surface area contributed by atoms with Crippen LogP contribution in [0, 0.1) is 3.57 Å². The van der Waals surface area contributed by atoms with E-state index in [4.69, 9.17) is 17.3 Å². The van der Waals surface area contributed by atoms with Gasteiger partial charge in [0.1, 0.15) is 0 Å². The van der Waals surface area contributed by atoms with E-state index in [0.717, 1.165) is 3.57 Å². The molecule has 0 bridgehead atoms. The number of halogens is 3. The number of benzene rings is 1. The predicted octanol–water partition coefficient (Wildman–Crippen LogP) is 2.83. The van der Waals surface area contributed by atoms with Crippen LogP contribution in [0.5, 0.6) is 0 Å². The van der Waals surface area contributed by atoms with Crippen molar-refractivity contribution in [2.45, 2.75) is 19.4 Å². The second-order valence-corrected chi connectivity index (χ2v) is 5.95. The van der Waals surface area contributed by atoms with E-state index >= 15 is 0 Å². The van der Waals surface area contributed by atoms with Crippen LogP contribution in [0.2, 0.25) is 5.02 Å². The molecule has 0 aliphatic rings. The minimum Gasteiger partial charge on any atom is -0.350 e. The summed E-state index contributed by atoms with van der Waals surface area (Å²) in [4.78, 5) is 11.8. The standard InChI is InChI=1S/C11H14ClIN2O.ClH/c1-11(2,14)6-15-10(16)8-4-3-7(13)5-9(8)12;/h3-5H,6,14H2,1-2H3,(H,15,16);1H. The van der Waals surface area contributed by atoms with Crippen molar-refractivity contribution in [3.05, 3.63) is 32.4 Å². The lowest BCUT2D eigenvalue weighted by Crippen LogP contribution is -2.45. The summed E-state index contributed by atoms with van der Waals surface area (Å²) in [5, 5.41) is 3.21. The van der Waals surface area contributed by atoms with Crippen molar-refractivity contribution in [1.82, 2.24) is 5.32 Å². The molecule has 1 rings (SSSR count). The number of nitrogens with two attached hydrogens (primary N) is 1. The lowest BCUT2D eigenvalue weighted by molar-refractivity contribution is 0.0946. The van der Waals surface area contributed by atoms with Gasteiger partial charge in [0.25, 0.3) is 5.91 Å². The minimum absolute atomic E-state index is 0. The van der Waals surface area contributed by atoms with Crippen molar-refractivity contribution in [2.75, 3.05) is 6.54 Å². The van der Waals surface area contributed by atoms with Gasteiger partial charge >= 0.3 is 0 Å². The van der Waals surface area contributed by atoms with Crippen molar-refractivity contribution in [2.24, 2.45) is 5.73 Å². The summed E-state index contributed by atoms with van der Waals surface area (Å²) >= 11 is 8.12. The zero-order valence-electron chi connectivity index (χ0n) is 9.59. The lowest BCUT2D eigenvalue weighted by atomic mass is 10.1. The van der Waals surface area contributed by atoms with E-state index in [0.29, 0.717) is 17.1 Å². The van der Waals surface area contributed by atoms with E-state index in [2.05, 4.69) is 27.9 Å². The summed E-state index contributed by atoms with van der Waals surface area (Å²) in [6.07, 6.45) is 0. The largest absolute Gasteiger partial charge is 0.350 e. The van der Waals surface area contributed by atoms with Crippen molar-refractivity contribution >= 4 is 52.5 Å². The predicted molar refractivity (Wildman–Crippen MR) is 82.0 cm³/mol. The smallest absolute Gasteiger partial charge is 0.252 e. The summed E-state index contributed by atoms with van der Waals surface area (Å²) in [6.45, 7) is 4.11. The van der Waals surface area contributed by atoms with E-state index < -0.39 is 5.54 Å². The molecule has 0 spiro atoms. The fraction of sp³-hybridized carbons (Fsp3) is 0.364. The molecule has 3 N–H and O–H groups in total. The van der Waals surface area contributed by atoms with Crippen LogP contribution >= 0.6 is 46.6 Å². The molecule has 1 amide bonds. The van der Waals surface area contributed by atoms with Crippen molar-refractivity contribution in [3.63, 3.8) is 0 Å². The highest BCUT2D eigenvalue weighted by atomic mass is 127. The van der Waals surface area contributed by atoms with E-state index in [1.54, 1.807) is 12.1 Å². The SMILES string of the molecule is CC(C)(N)CNC(=O)c1ccc(I)cc1Cl.Cl. The second kappa shape index (κ2) is 6.78. The van der Waals surface area contributed by atoms with Gasteiger partial charge in [-0.05, 0) is 54.6 Å². The molecule has 96 valence electrons. The number of amides is 1. The summed E-state index contributed by atoms with van der Waals surface area (Å²) < 4.78 is 0.998. The third-order valence-corrected chi connectivity index (χ3v) is 2.86. The van der Waals surface area contributed by atoms with Crippen LogP contribution in [0.15, 0.2) is 18.2 Å². The van der Waals surface area contributed by atoms with Gasteiger partial charge in [0, 0.05) is 15.7 Å². The van der Waals surface area contributed by atoms with Crippen LogP contribution in [0.3, 0.4) is 0 Å². The first-order chi connectivity index (χ1) is 7.29. The fourth-order valence-electron chi connectivity index (χ4n) is 1.08. The van der Waals surface area contributed by atoms with Gasteiger partial charge in [-0.2, -0.15) is 0 Å². The Morgan fingerprint density at radius 2 is 2.12 bits per heavy atom. The first-order valence-corrected chi connectivity index (χ1v) is 6.27. The number of hydrogen-bond acceptors (Lipinski definition) is 2. The molecule has 0 aliphatic carbocycles. The average Bonchev–Trinajstić information content (AvgIpc) is 2.13. The van der Waals surface area contributed by atoms with Crippen LogP contribution in [0.1, 0.15) is 24.2 Å². The maximum atomic E-state index is 11.8. The molecule has 1 aromatic carbocycles. The Hall–Kier alpha value is -0.0400. The van der Waals surface area contributed by atoms with E-state index in [1.807, 2.05) is 19.9 Å². The molecule has 0 saturated carbocycles. The maximum absolute atomic E-state index is 11.8. The molecule has 3 nitrogen and oxygen atoms in total. The van der Waals surface area contributed by atoms with E-state index in [9.17, 15) is 4.79 Å². The van der Waals surface area contributed by atoms with Crippen LogP contribution in [-0.4, -0.2) is 18.0 Å². The molecule has 6 heteroatoms. The Labute approximate surface area is 126 Å². The summed E-state index contributed by atoms with van der Waals surface area (Å²) in [6, 6.07) is 5.31.